The Morgan fingerprint density at radius 3 is 2.11 bits per heavy atom. The van der Waals surface area contributed by atoms with E-state index in [1.54, 1.807) is 35.0 Å². The van der Waals surface area contributed by atoms with Gasteiger partial charge in [0.15, 0.2) is 5.82 Å². The van der Waals surface area contributed by atoms with Crippen molar-refractivity contribution in [3.05, 3.63) is 77.9 Å². The number of aromatic nitrogens is 3. The van der Waals surface area contributed by atoms with Gasteiger partial charge >= 0.3 is 6.01 Å². The molecule has 4 aromatic rings. The Morgan fingerprint density at radius 1 is 0.914 bits per heavy atom. The van der Waals surface area contributed by atoms with Crippen molar-refractivity contribution in [3.63, 3.8) is 0 Å². The molecule has 3 aromatic carbocycles. The fourth-order valence-corrected chi connectivity index (χ4v) is 3.58. The third kappa shape index (κ3) is 5.27. The summed E-state index contributed by atoms with van der Waals surface area (Å²) in [4.78, 5) is 17.6. The first kappa shape index (κ1) is 23.8. The second-order valence-electron chi connectivity index (χ2n) is 8.20. The molecule has 180 valence electrons. The second kappa shape index (κ2) is 10.3. The van der Waals surface area contributed by atoms with Crippen LogP contribution in [-0.2, 0) is 0 Å². The molecule has 0 aliphatic rings. The minimum absolute atomic E-state index is 0.0544. The van der Waals surface area contributed by atoms with Crippen molar-refractivity contribution >= 4 is 11.6 Å². The molecule has 1 aromatic heterocycles. The van der Waals surface area contributed by atoms with Gasteiger partial charge in [-0.25, -0.2) is 4.68 Å². The SMILES string of the molecule is COc1cccc(OC)c1C(=O)Nc1ccc(-n2nc(OC(C)C)nc2-c2ccc(C)cc2)cc1. The van der Waals surface area contributed by atoms with Crippen molar-refractivity contribution in [2.45, 2.75) is 26.9 Å². The van der Waals surface area contributed by atoms with Crippen LogP contribution in [0.15, 0.2) is 66.7 Å². The third-order valence-electron chi connectivity index (χ3n) is 5.26. The highest BCUT2D eigenvalue weighted by Crippen LogP contribution is 2.30. The molecule has 0 aliphatic heterocycles. The molecule has 0 fully saturated rings. The lowest BCUT2D eigenvalue weighted by atomic mass is 10.1. The summed E-state index contributed by atoms with van der Waals surface area (Å²) < 4.78 is 18.2. The van der Waals surface area contributed by atoms with Crippen molar-refractivity contribution in [1.29, 1.82) is 0 Å². The molecule has 0 bridgehead atoms. The Balaban J connectivity index is 1.63. The lowest BCUT2D eigenvalue weighted by molar-refractivity contribution is 0.102. The highest BCUT2D eigenvalue weighted by Gasteiger charge is 2.19. The molecule has 0 aliphatic carbocycles. The summed E-state index contributed by atoms with van der Waals surface area (Å²) in [5.74, 6) is 1.19. The molecule has 8 nitrogen and oxygen atoms in total. The number of amides is 1. The highest BCUT2D eigenvalue weighted by atomic mass is 16.5. The maximum atomic E-state index is 13.0. The first-order chi connectivity index (χ1) is 16.9. The molecular weight excluding hydrogens is 444 g/mol. The van der Waals surface area contributed by atoms with Crippen LogP contribution in [0, 0.1) is 6.92 Å². The van der Waals surface area contributed by atoms with Gasteiger partial charge in [-0.3, -0.25) is 4.79 Å². The van der Waals surface area contributed by atoms with E-state index in [0.29, 0.717) is 34.6 Å². The molecule has 35 heavy (non-hydrogen) atoms. The zero-order valence-electron chi connectivity index (χ0n) is 20.4. The summed E-state index contributed by atoms with van der Waals surface area (Å²) in [6.07, 6.45) is -0.0544. The van der Waals surface area contributed by atoms with E-state index in [2.05, 4.69) is 15.4 Å². The van der Waals surface area contributed by atoms with E-state index in [1.165, 1.54) is 14.2 Å². The largest absolute Gasteiger partial charge is 0.496 e. The Labute approximate surface area is 204 Å². The van der Waals surface area contributed by atoms with Gasteiger partial charge in [-0.2, -0.15) is 4.98 Å². The van der Waals surface area contributed by atoms with E-state index in [4.69, 9.17) is 14.2 Å². The summed E-state index contributed by atoms with van der Waals surface area (Å²) in [7, 11) is 3.03. The van der Waals surface area contributed by atoms with Crippen molar-refractivity contribution in [2.75, 3.05) is 19.5 Å². The van der Waals surface area contributed by atoms with Gasteiger partial charge in [0, 0.05) is 11.3 Å². The number of methoxy groups -OCH3 is 2. The van der Waals surface area contributed by atoms with Crippen LogP contribution >= 0.6 is 0 Å². The summed E-state index contributed by atoms with van der Waals surface area (Å²) in [5.41, 5.74) is 3.80. The molecule has 0 saturated carbocycles. The number of carbonyl (C=O) groups excluding carboxylic acids is 1. The number of hydrogen-bond acceptors (Lipinski definition) is 6. The van der Waals surface area contributed by atoms with Crippen molar-refractivity contribution < 1.29 is 19.0 Å². The fourth-order valence-electron chi connectivity index (χ4n) is 3.58. The minimum atomic E-state index is -0.333. The van der Waals surface area contributed by atoms with Gasteiger partial charge in [-0.15, -0.1) is 5.10 Å². The van der Waals surface area contributed by atoms with E-state index in [-0.39, 0.29) is 12.0 Å². The molecule has 0 spiro atoms. The van der Waals surface area contributed by atoms with E-state index in [1.807, 2.05) is 57.2 Å². The number of carbonyl (C=O) groups is 1. The quantitative estimate of drug-likeness (QED) is 0.374. The van der Waals surface area contributed by atoms with E-state index in [9.17, 15) is 4.79 Å². The van der Waals surface area contributed by atoms with Gasteiger partial charge in [0.2, 0.25) is 0 Å². The van der Waals surface area contributed by atoms with Crippen LogP contribution < -0.4 is 19.5 Å². The van der Waals surface area contributed by atoms with Crippen LogP contribution in [0.3, 0.4) is 0 Å². The van der Waals surface area contributed by atoms with Crippen LogP contribution in [0.1, 0.15) is 29.8 Å². The average molecular weight is 473 g/mol. The van der Waals surface area contributed by atoms with Crippen LogP contribution in [0.25, 0.3) is 17.1 Å². The molecule has 0 unspecified atom stereocenters. The topological polar surface area (TPSA) is 87.5 Å². The minimum Gasteiger partial charge on any atom is -0.496 e. The van der Waals surface area contributed by atoms with Gasteiger partial charge in [-0.05, 0) is 57.2 Å². The van der Waals surface area contributed by atoms with Gasteiger partial charge in [0.1, 0.15) is 17.1 Å². The Hall–Kier alpha value is -4.33. The Bertz CT molecular complexity index is 1290. The molecule has 0 radical (unpaired) electrons. The lowest BCUT2D eigenvalue weighted by Gasteiger charge is -2.13. The average Bonchev–Trinajstić information content (AvgIpc) is 3.27. The van der Waals surface area contributed by atoms with Gasteiger partial charge in [0.05, 0.1) is 26.0 Å². The number of nitrogens with zero attached hydrogens (tertiary/aromatic N) is 3. The predicted octanol–water partition coefficient (Wildman–Crippen LogP) is 5.30. The number of nitrogens with one attached hydrogen (secondary N) is 1. The Kier molecular flexibility index (Phi) is 7.01. The number of aryl methyl sites for hydroxylation is 1. The maximum absolute atomic E-state index is 13.0. The van der Waals surface area contributed by atoms with Gasteiger partial charge < -0.3 is 19.5 Å². The van der Waals surface area contributed by atoms with Crippen molar-refractivity contribution in [1.82, 2.24) is 14.8 Å². The van der Waals surface area contributed by atoms with E-state index < -0.39 is 0 Å². The van der Waals surface area contributed by atoms with Crippen LogP contribution in [0.2, 0.25) is 0 Å². The zero-order valence-corrected chi connectivity index (χ0v) is 20.4. The predicted molar refractivity (Wildman–Crippen MR) is 135 cm³/mol. The Morgan fingerprint density at radius 2 is 1.54 bits per heavy atom. The summed E-state index contributed by atoms with van der Waals surface area (Å²) in [5, 5.41) is 7.47. The van der Waals surface area contributed by atoms with Crippen LogP contribution in [0.4, 0.5) is 5.69 Å². The van der Waals surface area contributed by atoms with Crippen molar-refractivity contribution in [3.8, 4) is 34.6 Å². The van der Waals surface area contributed by atoms with E-state index >= 15 is 0 Å². The smallest absolute Gasteiger partial charge is 0.336 e. The first-order valence-corrected chi connectivity index (χ1v) is 11.2. The van der Waals surface area contributed by atoms with Gasteiger partial charge in [0.25, 0.3) is 5.91 Å². The number of ether oxygens (including phenoxy) is 3. The van der Waals surface area contributed by atoms with Crippen molar-refractivity contribution in [2.24, 2.45) is 0 Å². The van der Waals surface area contributed by atoms with Crippen LogP contribution in [-0.4, -0.2) is 41.0 Å². The summed E-state index contributed by atoms with van der Waals surface area (Å²) in [6.45, 7) is 5.90. The highest BCUT2D eigenvalue weighted by molar-refractivity contribution is 6.08. The fraction of sp³-hybridized carbons (Fsp3) is 0.222. The van der Waals surface area contributed by atoms with Crippen LogP contribution in [0.5, 0.6) is 17.5 Å². The zero-order chi connectivity index (χ0) is 24.9. The molecule has 1 heterocycles. The number of benzene rings is 3. The molecular formula is C27H28N4O4. The molecule has 0 saturated heterocycles. The second-order valence-corrected chi connectivity index (χ2v) is 8.20. The number of rotatable bonds is 8. The monoisotopic (exact) mass is 472 g/mol. The van der Waals surface area contributed by atoms with Gasteiger partial charge in [-0.1, -0.05) is 35.9 Å². The molecule has 1 amide bonds. The molecule has 0 atom stereocenters. The lowest BCUT2D eigenvalue weighted by Crippen LogP contribution is -2.14. The van der Waals surface area contributed by atoms with E-state index in [0.717, 1.165) is 16.8 Å². The third-order valence-corrected chi connectivity index (χ3v) is 5.26. The normalized spacial score (nSPS) is 10.8. The summed E-state index contributed by atoms with van der Waals surface area (Å²) in [6, 6.07) is 20.9. The standard InChI is InChI=1S/C27H28N4O4/c1-17(2)35-27-29-25(19-11-9-18(3)10-12-19)31(30-27)21-15-13-20(14-16-21)28-26(32)24-22(33-4)7-6-8-23(24)34-5/h6-17H,1-5H3,(H,28,32). The molecule has 8 heteroatoms. The summed E-state index contributed by atoms with van der Waals surface area (Å²) >= 11 is 0. The number of hydrogen-bond donors (Lipinski definition) is 1. The number of anilines is 1. The molecule has 1 N–H and O–H groups in total. The molecule has 4 rings (SSSR count). The maximum Gasteiger partial charge on any atom is 0.336 e. The first-order valence-electron chi connectivity index (χ1n) is 11.2.